The SMILES string of the molecule is NC(=O)N=C(N)N.O=P(O)(O)OP(=O)(O)O. The molecule has 0 heterocycles. The average molecular weight is 280 g/mol. The van der Waals surface area contributed by atoms with Gasteiger partial charge in [-0.25, -0.2) is 13.9 Å². The van der Waals surface area contributed by atoms with E-state index in [4.69, 9.17) is 31.0 Å². The van der Waals surface area contributed by atoms with Gasteiger partial charge < -0.3 is 36.8 Å². The summed E-state index contributed by atoms with van der Waals surface area (Å²) in [5.41, 5.74) is 13.9. The number of primary amides is 1. The van der Waals surface area contributed by atoms with Gasteiger partial charge in [0, 0.05) is 0 Å². The predicted octanol–water partition coefficient (Wildman–Crippen LogP) is -2.47. The third-order valence-electron chi connectivity index (χ3n) is 0.452. The average Bonchev–Trinajstić information content (AvgIpc) is 1.72. The normalized spacial score (nSPS) is 11.0. The fraction of sp³-hybridized carbons (Fsp3) is 0. The number of hydrogen-bond donors (Lipinski definition) is 7. The van der Waals surface area contributed by atoms with Crippen LogP contribution in [-0.4, -0.2) is 31.6 Å². The van der Waals surface area contributed by atoms with E-state index in [0.717, 1.165) is 0 Å². The van der Waals surface area contributed by atoms with Gasteiger partial charge in [0.2, 0.25) is 0 Å². The predicted molar refractivity (Wildman–Crippen MR) is 50.6 cm³/mol. The lowest BCUT2D eigenvalue weighted by Crippen LogP contribution is -2.25. The standard InChI is InChI=1S/C2H6N4O.H4O7P2/c3-1(4)6-2(5)7;1-8(2,3)7-9(4,5)6/h(H6,3,4,5,6,7);(H2,1,2,3)(H2,4,5,6). The van der Waals surface area contributed by atoms with E-state index in [0.29, 0.717) is 0 Å². The summed E-state index contributed by atoms with van der Waals surface area (Å²) in [5.74, 6) is -0.312. The maximum absolute atomic E-state index is 9.68. The molecule has 0 aromatic heterocycles. The maximum Gasteiger partial charge on any atom is 0.478 e. The Morgan fingerprint density at radius 3 is 1.31 bits per heavy atom. The second-order valence-electron chi connectivity index (χ2n) is 1.94. The highest BCUT2D eigenvalue weighted by Crippen LogP contribution is 2.53. The van der Waals surface area contributed by atoms with Crippen molar-refractivity contribution in [1.29, 1.82) is 0 Å². The summed E-state index contributed by atoms with van der Waals surface area (Å²) < 4.78 is 22.2. The minimum absolute atomic E-state index is 0.312. The van der Waals surface area contributed by atoms with E-state index in [1.807, 2.05) is 0 Å². The first kappa shape index (κ1) is 17.4. The van der Waals surface area contributed by atoms with Gasteiger partial charge in [0.1, 0.15) is 0 Å². The summed E-state index contributed by atoms with van der Waals surface area (Å²) in [7, 11) is -10.1. The number of urea groups is 1. The molecule has 10 N–H and O–H groups in total. The molecule has 2 amide bonds. The van der Waals surface area contributed by atoms with Crippen LogP contribution in [-0.2, 0) is 13.4 Å². The van der Waals surface area contributed by atoms with Crippen LogP contribution < -0.4 is 17.2 Å². The molecule has 0 radical (unpaired) electrons. The second-order valence-corrected chi connectivity index (χ2v) is 4.55. The number of amides is 2. The molecule has 0 fully saturated rings. The van der Waals surface area contributed by atoms with Crippen LogP contribution in [0.4, 0.5) is 4.79 Å². The van der Waals surface area contributed by atoms with Crippen molar-refractivity contribution in [2.45, 2.75) is 0 Å². The second kappa shape index (κ2) is 6.55. The number of nitrogens with zero attached hydrogens (tertiary/aromatic N) is 1. The number of carbonyl (C=O) groups excluding carboxylic acids is 1. The molecule has 0 spiro atoms. The Morgan fingerprint density at radius 2 is 1.31 bits per heavy atom. The molecule has 0 atom stereocenters. The molecule has 0 rings (SSSR count). The summed E-state index contributed by atoms with van der Waals surface area (Å²) in [6, 6.07) is -0.875. The number of rotatable bonds is 2. The number of guanidine groups is 1. The molecule has 16 heavy (non-hydrogen) atoms. The van der Waals surface area contributed by atoms with Gasteiger partial charge in [-0.05, 0) is 0 Å². The zero-order chi connectivity index (χ0) is 13.6. The van der Waals surface area contributed by atoms with Gasteiger partial charge in [0.15, 0.2) is 5.96 Å². The maximum atomic E-state index is 9.68. The molecule has 0 aliphatic carbocycles. The molecular formula is C2H10N4O8P2. The van der Waals surface area contributed by atoms with E-state index in [1.165, 1.54) is 0 Å². The third kappa shape index (κ3) is 23.1. The van der Waals surface area contributed by atoms with Crippen LogP contribution in [0.25, 0.3) is 0 Å². The molecule has 0 bridgehead atoms. The fourth-order valence-corrected chi connectivity index (χ4v) is 1.37. The molecular weight excluding hydrogens is 270 g/mol. The van der Waals surface area contributed by atoms with Crippen molar-refractivity contribution in [2.24, 2.45) is 22.2 Å². The third-order valence-corrected chi connectivity index (χ3v) is 2.15. The van der Waals surface area contributed by atoms with Crippen LogP contribution in [0.1, 0.15) is 0 Å². The van der Waals surface area contributed by atoms with Crippen LogP contribution >= 0.6 is 15.6 Å². The Labute approximate surface area is 88.6 Å². The summed E-state index contributed by atoms with van der Waals surface area (Å²) in [6.45, 7) is 0. The van der Waals surface area contributed by atoms with Crippen molar-refractivity contribution in [2.75, 3.05) is 0 Å². The van der Waals surface area contributed by atoms with Crippen LogP contribution in [0, 0.1) is 0 Å². The lowest BCUT2D eigenvalue weighted by atomic mass is 11.0. The van der Waals surface area contributed by atoms with Crippen molar-refractivity contribution in [1.82, 2.24) is 0 Å². The van der Waals surface area contributed by atoms with Crippen LogP contribution in [0.3, 0.4) is 0 Å². The summed E-state index contributed by atoms with van der Waals surface area (Å²) >= 11 is 0. The van der Waals surface area contributed by atoms with Crippen molar-refractivity contribution in [3.8, 4) is 0 Å². The van der Waals surface area contributed by atoms with Crippen molar-refractivity contribution in [3.63, 3.8) is 0 Å². The van der Waals surface area contributed by atoms with Crippen molar-refractivity contribution >= 4 is 27.6 Å². The Morgan fingerprint density at radius 1 is 1.00 bits per heavy atom. The first-order chi connectivity index (χ1) is 6.83. The first-order valence-corrected chi connectivity index (χ1v) is 6.11. The lowest BCUT2D eigenvalue weighted by molar-refractivity contribution is 0.225. The highest BCUT2D eigenvalue weighted by Gasteiger charge is 2.27. The van der Waals surface area contributed by atoms with Crippen LogP contribution in [0.15, 0.2) is 4.99 Å². The molecule has 0 unspecified atom stereocenters. The molecule has 0 aliphatic rings. The lowest BCUT2D eigenvalue weighted by Gasteiger charge is -2.03. The highest BCUT2D eigenvalue weighted by molar-refractivity contribution is 7.60. The van der Waals surface area contributed by atoms with E-state index in [2.05, 4.69) is 15.0 Å². The van der Waals surface area contributed by atoms with Gasteiger partial charge in [0.05, 0.1) is 0 Å². The Kier molecular flexibility index (Phi) is 7.13. The summed E-state index contributed by atoms with van der Waals surface area (Å²) in [5, 5.41) is 0. The Hall–Kier alpha value is -1.00. The summed E-state index contributed by atoms with van der Waals surface area (Å²) in [6.07, 6.45) is 0. The zero-order valence-corrected chi connectivity index (χ0v) is 9.28. The zero-order valence-electron chi connectivity index (χ0n) is 7.50. The minimum atomic E-state index is -5.05. The van der Waals surface area contributed by atoms with Gasteiger partial charge in [0.25, 0.3) is 0 Å². The molecule has 14 heteroatoms. The molecule has 96 valence electrons. The van der Waals surface area contributed by atoms with Crippen LogP contribution in [0.5, 0.6) is 0 Å². The van der Waals surface area contributed by atoms with Crippen LogP contribution in [0.2, 0.25) is 0 Å². The first-order valence-electron chi connectivity index (χ1n) is 3.05. The monoisotopic (exact) mass is 280 g/mol. The number of carbonyl (C=O) groups is 1. The van der Waals surface area contributed by atoms with Crippen molar-refractivity contribution in [3.05, 3.63) is 0 Å². The van der Waals surface area contributed by atoms with Gasteiger partial charge in [-0.2, -0.15) is 9.30 Å². The van der Waals surface area contributed by atoms with E-state index in [9.17, 15) is 13.9 Å². The van der Waals surface area contributed by atoms with Crippen molar-refractivity contribution < 1.29 is 37.8 Å². The van der Waals surface area contributed by atoms with E-state index in [-0.39, 0.29) is 5.96 Å². The van der Waals surface area contributed by atoms with E-state index >= 15 is 0 Å². The quantitative estimate of drug-likeness (QED) is 0.160. The highest BCUT2D eigenvalue weighted by atomic mass is 31.3. The molecule has 0 saturated heterocycles. The topological polar surface area (TPSA) is 232 Å². The molecule has 0 aliphatic heterocycles. The smallest absolute Gasteiger partial charge is 0.370 e. The number of hydrogen-bond acceptors (Lipinski definition) is 4. The van der Waals surface area contributed by atoms with Gasteiger partial charge >= 0.3 is 21.7 Å². The van der Waals surface area contributed by atoms with Gasteiger partial charge in [-0.3, -0.25) is 0 Å². The fourth-order valence-electron chi connectivity index (χ4n) is 0.266. The molecule has 0 aromatic carbocycles. The Balaban J connectivity index is 0. The molecule has 0 aromatic rings. The molecule has 0 saturated carbocycles. The number of phosphoric acid groups is 2. The van der Waals surface area contributed by atoms with Gasteiger partial charge in [-0.15, -0.1) is 0 Å². The van der Waals surface area contributed by atoms with Gasteiger partial charge in [-0.1, -0.05) is 0 Å². The number of aliphatic imine (C=N–C) groups is 1. The van der Waals surface area contributed by atoms with E-state index < -0.39 is 21.7 Å². The minimum Gasteiger partial charge on any atom is -0.370 e. The Bertz CT molecular complexity index is 329. The number of nitrogens with two attached hydrogens (primary N) is 3. The van der Waals surface area contributed by atoms with E-state index in [1.54, 1.807) is 0 Å². The largest absolute Gasteiger partial charge is 0.478 e. The summed E-state index contributed by atoms with van der Waals surface area (Å²) in [4.78, 5) is 43.6. The molecule has 12 nitrogen and oxygen atoms in total.